The molecule has 2 nitrogen and oxygen atoms in total. The summed E-state index contributed by atoms with van der Waals surface area (Å²) in [5.74, 6) is 0.222. The van der Waals surface area contributed by atoms with Crippen LogP contribution in [0.4, 0.5) is 5.69 Å². The zero-order valence-electron chi connectivity index (χ0n) is 8.07. The molecule has 1 heterocycles. The van der Waals surface area contributed by atoms with Gasteiger partial charge in [0.05, 0.1) is 5.69 Å². The predicted molar refractivity (Wildman–Crippen MR) is 58.1 cm³/mol. The largest absolute Gasteiger partial charge is 0.312 e. The number of hydrogen-bond acceptors (Lipinski definition) is 1. The molecule has 1 aromatic rings. The predicted octanol–water partition coefficient (Wildman–Crippen LogP) is 2.46. The minimum atomic E-state index is 0.222. The van der Waals surface area contributed by atoms with E-state index >= 15 is 0 Å². The summed E-state index contributed by atoms with van der Waals surface area (Å²) in [5.41, 5.74) is 2.02. The van der Waals surface area contributed by atoms with Crippen molar-refractivity contribution in [1.82, 2.24) is 0 Å². The summed E-state index contributed by atoms with van der Waals surface area (Å²) in [6.45, 7) is 4.59. The van der Waals surface area contributed by atoms with Crippen LogP contribution in [0.2, 0.25) is 0 Å². The van der Waals surface area contributed by atoms with Gasteiger partial charge in [0.15, 0.2) is 0 Å². The summed E-state index contributed by atoms with van der Waals surface area (Å²) in [4.78, 5) is 13.4. The first-order chi connectivity index (χ1) is 6.83. The van der Waals surface area contributed by atoms with Crippen molar-refractivity contribution in [2.75, 3.05) is 11.4 Å². The smallest absolute Gasteiger partial charge is 0.227 e. The van der Waals surface area contributed by atoms with Crippen molar-refractivity contribution in [2.24, 2.45) is 0 Å². The molecule has 1 saturated heterocycles. The van der Waals surface area contributed by atoms with Gasteiger partial charge in [-0.05, 0) is 18.1 Å². The van der Waals surface area contributed by atoms with Crippen LogP contribution in [0, 0.1) is 0 Å². The fourth-order valence-electron chi connectivity index (χ4n) is 1.81. The Morgan fingerprint density at radius 3 is 2.79 bits per heavy atom. The highest BCUT2D eigenvalue weighted by Gasteiger charge is 2.22. The molecule has 1 amide bonds. The third kappa shape index (κ3) is 1.43. The topological polar surface area (TPSA) is 20.3 Å². The Balaban J connectivity index is 2.39. The zero-order valence-corrected chi connectivity index (χ0v) is 8.07. The second kappa shape index (κ2) is 3.66. The van der Waals surface area contributed by atoms with E-state index in [-0.39, 0.29) is 5.91 Å². The van der Waals surface area contributed by atoms with Crippen LogP contribution in [-0.4, -0.2) is 12.5 Å². The van der Waals surface area contributed by atoms with Gasteiger partial charge in [-0.1, -0.05) is 30.9 Å². The molecule has 1 aliphatic heterocycles. The van der Waals surface area contributed by atoms with Crippen molar-refractivity contribution >= 4 is 17.7 Å². The van der Waals surface area contributed by atoms with Crippen LogP contribution in [0.3, 0.4) is 0 Å². The minimum Gasteiger partial charge on any atom is -0.312 e. The third-order valence-electron chi connectivity index (χ3n) is 2.52. The molecule has 72 valence electrons. The maximum atomic E-state index is 11.5. The van der Waals surface area contributed by atoms with E-state index in [1.165, 1.54) is 0 Å². The summed E-state index contributed by atoms with van der Waals surface area (Å²) in [6, 6.07) is 7.86. The van der Waals surface area contributed by atoms with Gasteiger partial charge in [-0.25, -0.2) is 0 Å². The lowest BCUT2D eigenvalue weighted by Gasteiger charge is -2.17. The first-order valence-electron chi connectivity index (χ1n) is 4.85. The highest BCUT2D eigenvalue weighted by Crippen LogP contribution is 2.25. The van der Waals surface area contributed by atoms with Crippen LogP contribution in [-0.2, 0) is 4.79 Å². The summed E-state index contributed by atoms with van der Waals surface area (Å²) in [7, 11) is 0. The summed E-state index contributed by atoms with van der Waals surface area (Å²) in [6.07, 6.45) is 3.43. The first-order valence-corrected chi connectivity index (χ1v) is 4.85. The normalized spacial score (nSPS) is 16.0. The second-order valence-electron chi connectivity index (χ2n) is 3.41. The number of rotatable bonds is 2. The van der Waals surface area contributed by atoms with Gasteiger partial charge >= 0.3 is 0 Å². The molecule has 1 fully saturated rings. The molecule has 1 aromatic carbocycles. The highest BCUT2D eigenvalue weighted by atomic mass is 16.2. The van der Waals surface area contributed by atoms with Crippen molar-refractivity contribution in [3.63, 3.8) is 0 Å². The maximum Gasteiger partial charge on any atom is 0.227 e. The van der Waals surface area contributed by atoms with Crippen molar-refractivity contribution in [3.8, 4) is 0 Å². The van der Waals surface area contributed by atoms with Crippen molar-refractivity contribution < 1.29 is 4.79 Å². The number of carbonyl (C=O) groups is 1. The van der Waals surface area contributed by atoms with Gasteiger partial charge in [0.2, 0.25) is 5.91 Å². The van der Waals surface area contributed by atoms with Crippen LogP contribution in [0.5, 0.6) is 0 Å². The fourth-order valence-corrected chi connectivity index (χ4v) is 1.81. The van der Waals surface area contributed by atoms with Gasteiger partial charge in [0.25, 0.3) is 0 Å². The average molecular weight is 187 g/mol. The molecular weight excluding hydrogens is 174 g/mol. The molecule has 0 atom stereocenters. The molecule has 0 N–H and O–H groups in total. The van der Waals surface area contributed by atoms with Gasteiger partial charge in [-0.3, -0.25) is 4.79 Å². The fraction of sp³-hybridized carbons (Fsp3) is 0.250. The molecule has 0 aromatic heterocycles. The number of nitrogens with zero attached hydrogens (tertiary/aromatic N) is 1. The molecule has 1 aliphatic rings. The molecule has 2 rings (SSSR count). The molecule has 0 spiro atoms. The summed E-state index contributed by atoms with van der Waals surface area (Å²) >= 11 is 0. The van der Waals surface area contributed by atoms with E-state index in [0.29, 0.717) is 6.42 Å². The van der Waals surface area contributed by atoms with E-state index in [1.807, 2.05) is 29.2 Å². The Bertz CT molecular complexity index is 370. The standard InChI is InChI=1S/C12H13NO/c1-2-10-6-3-4-7-11(10)13-9-5-8-12(13)14/h2-4,6-7H,1,5,8-9H2. The van der Waals surface area contributed by atoms with Gasteiger partial charge in [0, 0.05) is 13.0 Å². The van der Waals surface area contributed by atoms with Crippen LogP contribution >= 0.6 is 0 Å². The van der Waals surface area contributed by atoms with Gasteiger partial charge in [-0.2, -0.15) is 0 Å². The van der Waals surface area contributed by atoms with E-state index in [2.05, 4.69) is 6.58 Å². The molecule has 14 heavy (non-hydrogen) atoms. The summed E-state index contributed by atoms with van der Waals surface area (Å²) < 4.78 is 0. The Morgan fingerprint density at radius 1 is 1.36 bits per heavy atom. The van der Waals surface area contributed by atoms with Gasteiger partial charge in [-0.15, -0.1) is 0 Å². The van der Waals surface area contributed by atoms with E-state index in [4.69, 9.17) is 0 Å². The Labute approximate surface area is 83.8 Å². The Hall–Kier alpha value is -1.57. The highest BCUT2D eigenvalue weighted by molar-refractivity contribution is 5.97. The van der Waals surface area contributed by atoms with Crippen molar-refractivity contribution in [3.05, 3.63) is 36.4 Å². The van der Waals surface area contributed by atoms with Crippen LogP contribution in [0.1, 0.15) is 18.4 Å². The molecule has 0 bridgehead atoms. The maximum absolute atomic E-state index is 11.5. The monoisotopic (exact) mass is 187 g/mol. The van der Waals surface area contributed by atoms with E-state index in [9.17, 15) is 4.79 Å². The van der Waals surface area contributed by atoms with E-state index < -0.39 is 0 Å². The number of anilines is 1. The number of hydrogen-bond donors (Lipinski definition) is 0. The van der Waals surface area contributed by atoms with Crippen LogP contribution < -0.4 is 4.90 Å². The van der Waals surface area contributed by atoms with Gasteiger partial charge < -0.3 is 4.90 Å². The molecule has 0 radical (unpaired) electrons. The number of benzene rings is 1. The Kier molecular flexibility index (Phi) is 2.35. The number of carbonyl (C=O) groups excluding carboxylic acids is 1. The third-order valence-corrected chi connectivity index (χ3v) is 2.52. The Morgan fingerprint density at radius 2 is 2.14 bits per heavy atom. The molecule has 0 aliphatic carbocycles. The molecular formula is C12H13NO. The van der Waals surface area contributed by atoms with Crippen LogP contribution in [0.15, 0.2) is 30.8 Å². The van der Waals surface area contributed by atoms with Crippen molar-refractivity contribution in [2.45, 2.75) is 12.8 Å². The second-order valence-corrected chi connectivity index (χ2v) is 3.41. The number of para-hydroxylation sites is 1. The van der Waals surface area contributed by atoms with E-state index in [1.54, 1.807) is 6.08 Å². The zero-order chi connectivity index (χ0) is 9.97. The SMILES string of the molecule is C=Cc1ccccc1N1CCCC1=O. The lowest BCUT2D eigenvalue weighted by atomic mass is 10.1. The van der Waals surface area contributed by atoms with Gasteiger partial charge in [0.1, 0.15) is 0 Å². The molecule has 2 heteroatoms. The minimum absolute atomic E-state index is 0.222. The average Bonchev–Trinajstić information content (AvgIpc) is 2.64. The summed E-state index contributed by atoms with van der Waals surface area (Å²) in [5, 5.41) is 0. The first kappa shape index (κ1) is 9.00. The van der Waals surface area contributed by atoms with Crippen molar-refractivity contribution in [1.29, 1.82) is 0 Å². The number of amides is 1. The lowest BCUT2D eigenvalue weighted by molar-refractivity contribution is -0.117. The quantitative estimate of drug-likeness (QED) is 0.696. The lowest BCUT2D eigenvalue weighted by Crippen LogP contribution is -2.24. The molecule has 0 unspecified atom stereocenters. The molecule has 0 saturated carbocycles. The van der Waals surface area contributed by atoms with Crippen LogP contribution in [0.25, 0.3) is 6.08 Å². The van der Waals surface area contributed by atoms with E-state index in [0.717, 1.165) is 24.2 Å².